The van der Waals surface area contributed by atoms with Crippen LogP contribution >= 0.6 is 0 Å². The van der Waals surface area contributed by atoms with Crippen LogP contribution in [0.25, 0.3) is 0 Å². The Hall–Kier alpha value is -2.31. The first-order valence-electron chi connectivity index (χ1n) is 5.86. The first-order chi connectivity index (χ1) is 9.13. The summed E-state index contributed by atoms with van der Waals surface area (Å²) in [4.78, 5) is 11.7. The predicted molar refractivity (Wildman–Crippen MR) is 63.9 cm³/mol. The van der Waals surface area contributed by atoms with Crippen LogP contribution in [-0.2, 0) is 24.2 Å². The molecule has 19 heavy (non-hydrogen) atoms. The minimum atomic E-state index is -0.904. The van der Waals surface area contributed by atoms with Gasteiger partial charge in [0.2, 0.25) is 0 Å². The average Bonchev–Trinajstić information content (AvgIpc) is 2.82. The summed E-state index contributed by atoms with van der Waals surface area (Å²) in [5, 5.41) is 20.2. The van der Waals surface area contributed by atoms with Gasteiger partial charge in [0, 0.05) is 6.42 Å². The third-order valence-electron chi connectivity index (χ3n) is 2.55. The summed E-state index contributed by atoms with van der Waals surface area (Å²) < 4.78 is 13.0. The second kappa shape index (κ2) is 6.03. The molecule has 0 saturated heterocycles. The topological polar surface area (TPSA) is 80.9 Å². The summed E-state index contributed by atoms with van der Waals surface area (Å²) in [5.41, 5.74) is 0.863. The molecule has 1 aromatic carbocycles. The Morgan fingerprint density at radius 3 is 2.95 bits per heavy atom. The van der Waals surface area contributed by atoms with E-state index in [4.69, 9.17) is 5.11 Å². The summed E-state index contributed by atoms with van der Waals surface area (Å²) in [6, 6.07) is 6.35. The van der Waals surface area contributed by atoms with Crippen molar-refractivity contribution in [3.8, 4) is 0 Å². The largest absolute Gasteiger partial charge is 0.481 e. The number of carboxylic acid groups (broad SMARTS) is 1. The van der Waals surface area contributed by atoms with Gasteiger partial charge in [-0.05, 0) is 29.3 Å². The molecule has 2 rings (SSSR count). The Labute approximate surface area is 108 Å². The van der Waals surface area contributed by atoms with E-state index < -0.39 is 5.97 Å². The monoisotopic (exact) mass is 264 g/mol. The van der Waals surface area contributed by atoms with Crippen molar-refractivity contribution < 1.29 is 14.3 Å². The maximum absolute atomic E-state index is 13.0. The summed E-state index contributed by atoms with van der Waals surface area (Å²) in [7, 11) is 0. The van der Waals surface area contributed by atoms with Gasteiger partial charge in [-0.3, -0.25) is 4.79 Å². The van der Waals surface area contributed by atoms with Gasteiger partial charge in [-0.15, -0.1) is 10.2 Å². The van der Waals surface area contributed by atoms with Crippen LogP contribution in [0.3, 0.4) is 0 Å². The highest BCUT2D eigenvalue weighted by atomic mass is 19.1. The molecule has 2 aromatic rings. The number of halogens is 1. The standard InChI is InChI=1S/C12H13FN4O2/c13-10-3-1-2-9(8-10)4-5-11-14-16-17(15-11)7-6-12(18)19/h1-3,8H,4-7H2,(H,18,19). The van der Waals surface area contributed by atoms with Crippen LogP contribution < -0.4 is 0 Å². The summed E-state index contributed by atoms with van der Waals surface area (Å²) >= 11 is 0. The number of carbonyl (C=O) groups is 1. The number of aryl methyl sites for hydroxylation is 3. The van der Waals surface area contributed by atoms with Crippen LogP contribution in [0.4, 0.5) is 4.39 Å². The van der Waals surface area contributed by atoms with Gasteiger partial charge in [0.05, 0.1) is 13.0 Å². The van der Waals surface area contributed by atoms with Crippen LogP contribution in [0.5, 0.6) is 0 Å². The van der Waals surface area contributed by atoms with Gasteiger partial charge in [0.1, 0.15) is 5.82 Å². The molecule has 1 aromatic heterocycles. The molecule has 0 unspecified atom stereocenters. The number of aliphatic carboxylic acids is 1. The summed E-state index contributed by atoms with van der Waals surface area (Å²) in [6.07, 6.45) is 1.11. The second-order valence-corrected chi connectivity index (χ2v) is 4.08. The number of tetrazole rings is 1. The van der Waals surface area contributed by atoms with Crippen molar-refractivity contribution in [3.05, 3.63) is 41.5 Å². The molecule has 0 atom stereocenters. The van der Waals surface area contributed by atoms with E-state index >= 15 is 0 Å². The average molecular weight is 264 g/mol. The lowest BCUT2D eigenvalue weighted by Crippen LogP contribution is -2.07. The van der Waals surface area contributed by atoms with Crippen molar-refractivity contribution in [3.63, 3.8) is 0 Å². The van der Waals surface area contributed by atoms with E-state index in [9.17, 15) is 9.18 Å². The van der Waals surface area contributed by atoms with Crippen LogP contribution in [0, 0.1) is 5.82 Å². The number of hydrogen-bond donors (Lipinski definition) is 1. The Kier molecular flexibility index (Phi) is 4.17. The molecule has 0 amide bonds. The summed E-state index contributed by atoms with van der Waals surface area (Å²) in [6.45, 7) is 0.197. The second-order valence-electron chi connectivity index (χ2n) is 4.08. The molecule has 0 aliphatic rings. The molecule has 100 valence electrons. The number of nitrogens with zero attached hydrogens (tertiary/aromatic N) is 4. The van der Waals surface area contributed by atoms with Crippen molar-refractivity contribution >= 4 is 5.97 Å². The normalized spacial score (nSPS) is 10.6. The SMILES string of the molecule is O=C(O)CCn1nnc(CCc2cccc(F)c2)n1. The zero-order chi connectivity index (χ0) is 13.7. The Morgan fingerprint density at radius 1 is 1.37 bits per heavy atom. The van der Waals surface area contributed by atoms with Crippen molar-refractivity contribution in [2.24, 2.45) is 0 Å². The molecular formula is C12H13FN4O2. The van der Waals surface area contributed by atoms with E-state index in [1.54, 1.807) is 6.07 Å². The van der Waals surface area contributed by atoms with Gasteiger partial charge in [-0.2, -0.15) is 4.80 Å². The van der Waals surface area contributed by atoms with Crippen LogP contribution in [-0.4, -0.2) is 31.3 Å². The van der Waals surface area contributed by atoms with Gasteiger partial charge in [-0.1, -0.05) is 12.1 Å². The zero-order valence-electron chi connectivity index (χ0n) is 10.2. The van der Waals surface area contributed by atoms with Gasteiger partial charge < -0.3 is 5.11 Å². The van der Waals surface area contributed by atoms with Gasteiger partial charge in [-0.25, -0.2) is 4.39 Å². The lowest BCUT2D eigenvalue weighted by Gasteiger charge is -1.98. The van der Waals surface area contributed by atoms with Gasteiger partial charge in [0.15, 0.2) is 5.82 Å². The molecule has 0 aliphatic heterocycles. The number of hydrogen-bond acceptors (Lipinski definition) is 4. The van der Waals surface area contributed by atoms with E-state index in [-0.39, 0.29) is 18.8 Å². The molecule has 1 heterocycles. The fourth-order valence-electron chi connectivity index (χ4n) is 1.62. The first kappa shape index (κ1) is 13.1. The third kappa shape index (κ3) is 4.13. The molecular weight excluding hydrogens is 251 g/mol. The minimum Gasteiger partial charge on any atom is -0.481 e. The highest BCUT2D eigenvalue weighted by Crippen LogP contribution is 2.06. The van der Waals surface area contributed by atoms with Crippen molar-refractivity contribution in [2.45, 2.75) is 25.8 Å². The highest BCUT2D eigenvalue weighted by molar-refractivity contribution is 5.66. The number of rotatable bonds is 6. The van der Waals surface area contributed by atoms with E-state index in [0.29, 0.717) is 18.7 Å². The van der Waals surface area contributed by atoms with Crippen molar-refractivity contribution in [2.75, 3.05) is 0 Å². The fraction of sp³-hybridized carbons (Fsp3) is 0.333. The molecule has 1 N–H and O–H groups in total. The van der Waals surface area contributed by atoms with Crippen LogP contribution in [0.1, 0.15) is 17.8 Å². The highest BCUT2D eigenvalue weighted by Gasteiger charge is 2.05. The molecule has 7 heteroatoms. The van der Waals surface area contributed by atoms with E-state index in [1.807, 2.05) is 6.07 Å². The maximum Gasteiger partial charge on any atom is 0.305 e. The van der Waals surface area contributed by atoms with Crippen molar-refractivity contribution in [1.82, 2.24) is 20.2 Å². The quantitative estimate of drug-likeness (QED) is 0.844. The third-order valence-corrected chi connectivity index (χ3v) is 2.55. The Morgan fingerprint density at radius 2 is 2.21 bits per heavy atom. The van der Waals surface area contributed by atoms with Crippen LogP contribution in [0.15, 0.2) is 24.3 Å². The number of carboxylic acids is 1. The number of benzene rings is 1. The molecule has 0 spiro atoms. The minimum absolute atomic E-state index is 0.0420. The predicted octanol–water partition coefficient (Wildman–Crippen LogP) is 1.07. The molecule has 0 fully saturated rings. The molecule has 0 saturated carbocycles. The molecule has 6 nitrogen and oxygen atoms in total. The van der Waals surface area contributed by atoms with E-state index in [2.05, 4.69) is 15.4 Å². The smallest absolute Gasteiger partial charge is 0.305 e. The van der Waals surface area contributed by atoms with Gasteiger partial charge in [0.25, 0.3) is 0 Å². The lowest BCUT2D eigenvalue weighted by atomic mass is 10.1. The molecule has 0 radical (unpaired) electrons. The summed E-state index contributed by atoms with van der Waals surface area (Å²) in [5.74, 6) is -0.649. The fourth-order valence-corrected chi connectivity index (χ4v) is 1.62. The maximum atomic E-state index is 13.0. The zero-order valence-corrected chi connectivity index (χ0v) is 10.2. The molecule has 0 aliphatic carbocycles. The van der Waals surface area contributed by atoms with E-state index in [0.717, 1.165) is 5.56 Å². The van der Waals surface area contributed by atoms with Crippen molar-refractivity contribution in [1.29, 1.82) is 0 Å². The lowest BCUT2D eigenvalue weighted by molar-refractivity contribution is -0.137. The Balaban J connectivity index is 1.88. The number of aromatic nitrogens is 4. The van der Waals surface area contributed by atoms with Gasteiger partial charge >= 0.3 is 5.97 Å². The van der Waals surface area contributed by atoms with E-state index in [1.165, 1.54) is 16.9 Å². The Bertz CT molecular complexity index is 570. The van der Waals surface area contributed by atoms with Crippen LogP contribution in [0.2, 0.25) is 0 Å². The molecule has 0 bridgehead atoms. The first-order valence-corrected chi connectivity index (χ1v) is 5.86.